The van der Waals surface area contributed by atoms with Crippen LogP contribution < -0.4 is 10.2 Å². The first-order valence-electron chi connectivity index (χ1n) is 8.62. The Labute approximate surface area is 158 Å². The van der Waals surface area contributed by atoms with Crippen LogP contribution in [0.2, 0.25) is 0 Å². The third-order valence-electron chi connectivity index (χ3n) is 4.85. The van der Waals surface area contributed by atoms with Crippen LogP contribution in [-0.4, -0.2) is 27.2 Å². The summed E-state index contributed by atoms with van der Waals surface area (Å²) in [5.41, 5.74) is -0.156. The van der Waals surface area contributed by atoms with Crippen molar-refractivity contribution in [3.05, 3.63) is 57.1 Å². The van der Waals surface area contributed by atoms with E-state index in [1.165, 1.54) is 4.57 Å². The molecule has 144 valence electrons. The van der Waals surface area contributed by atoms with Gasteiger partial charge in [0.2, 0.25) is 5.43 Å². The van der Waals surface area contributed by atoms with E-state index < -0.39 is 34.0 Å². The van der Waals surface area contributed by atoms with E-state index in [-0.39, 0.29) is 29.5 Å². The van der Waals surface area contributed by atoms with Gasteiger partial charge in [0.05, 0.1) is 22.5 Å². The lowest BCUT2D eigenvalue weighted by Crippen LogP contribution is -2.27. The fraction of sp³-hybridized carbons (Fsp3) is 0.250. The van der Waals surface area contributed by atoms with Crippen LogP contribution in [-0.2, 0) is 0 Å². The maximum absolute atomic E-state index is 15.1. The third kappa shape index (κ3) is 2.48. The smallest absolute Gasteiger partial charge is 0.341 e. The van der Waals surface area contributed by atoms with Gasteiger partial charge in [0.1, 0.15) is 12.2 Å². The van der Waals surface area contributed by atoms with Gasteiger partial charge in [-0.2, -0.15) is 0 Å². The number of carbonyl (C=O) groups is 1. The number of pyridine rings is 2. The first-order chi connectivity index (χ1) is 13.2. The number of rotatable bonds is 2. The second kappa shape index (κ2) is 6.12. The van der Waals surface area contributed by atoms with Crippen LogP contribution in [0.4, 0.5) is 8.78 Å². The molecule has 0 saturated carbocycles. The predicted molar refractivity (Wildman–Crippen MR) is 98.0 cm³/mol. The Hall–Kier alpha value is -3.29. The molecule has 8 heteroatoms. The molecule has 0 bridgehead atoms. The number of benzene rings is 1. The highest BCUT2D eigenvalue weighted by atomic mass is 19.2. The number of carboxylic acids is 1. The highest BCUT2D eigenvalue weighted by molar-refractivity contribution is 5.98. The van der Waals surface area contributed by atoms with Crippen LogP contribution in [0.5, 0.6) is 5.75 Å². The molecule has 1 aromatic carbocycles. The number of nitrogens with zero attached hydrogens (tertiary/aromatic N) is 2. The summed E-state index contributed by atoms with van der Waals surface area (Å²) < 4.78 is 37.4. The average molecular weight is 386 g/mol. The van der Waals surface area contributed by atoms with E-state index in [0.29, 0.717) is 17.0 Å². The first-order valence-corrected chi connectivity index (χ1v) is 8.62. The Balaban J connectivity index is 2.23. The lowest BCUT2D eigenvalue weighted by atomic mass is 9.97. The van der Waals surface area contributed by atoms with Gasteiger partial charge in [-0.1, -0.05) is 0 Å². The Kier molecular flexibility index (Phi) is 3.95. The molecular weight excluding hydrogens is 370 g/mol. The van der Waals surface area contributed by atoms with Crippen molar-refractivity contribution in [1.82, 2.24) is 9.55 Å². The number of aromatic nitrogens is 2. The number of hydrogen-bond donors (Lipinski definition) is 1. The van der Waals surface area contributed by atoms with Gasteiger partial charge < -0.3 is 14.4 Å². The summed E-state index contributed by atoms with van der Waals surface area (Å²) in [6.45, 7) is 5.32. The van der Waals surface area contributed by atoms with Gasteiger partial charge in [-0.15, -0.1) is 0 Å². The van der Waals surface area contributed by atoms with Crippen LogP contribution in [0.25, 0.3) is 22.0 Å². The summed E-state index contributed by atoms with van der Waals surface area (Å²) in [6, 6.07) is 2.83. The van der Waals surface area contributed by atoms with Crippen molar-refractivity contribution in [2.45, 2.75) is 26.8 Å². The van der Waals surface area contributed by atoms with Gasteiger partial charge in [0.25, 0.3) is 0 Å². The van der Waals surface area contributed by atoms with Crippen molar-refractivity contribution in [3.63, 3.8) is 0 Å². The van der Waals surface area contributed by atoms with Crippen molar-refractivity contribution in [1.29, 1.82) is 0 Å². The molecule has 6 nitrogen and oxygen atoms in total. The monoisotopic (exact) mass is 386 g/mol. The molecule has 0 radical (unpaired) electrons. The zero-order valence-electron chi connectivity index (χ0n) is 15.3. The molecule has 0 unspecified atom stereocenters. The highest BCUT2D eigenvalue weighted by Gasteiger charge is 2.32. The topological polar surface area (TPSA) is 81.4 Å². The van der Waals surface area contributed by atoms with Gasteiger partial charge in [-0.05, 0) is 38.5 Å². The Morgan fingerprint density at radius 1 is 1.25 bits per heavy atom. The van der Waals surface area contributed by atoms with Gasteiger partial charge in [-0.25, -0.2) is 13.6 Å². The van der Waals surface area contributed by atoms with Crippen molar-refractivity contribution in [2.75, 3.05) is 6.61 Å². The molecule has 0 amide bonds. The average Bonchev–Trinajstić information content (AvgIpc) is 2.61. The largest absolute Gasteiger partial charge is 0.488 e. The summed E-state index contributed by atoms with van der Waals surface area (Å²) in [5, 5.41) is 8.68. The molecule has 0 aliphatic carbocycles. The summed E-state index contributed by atoms with van der Waals surface area (Å²) in [7, 11) is 0. The van der Waals surface area contributed by atoms with E-state index in [2.05, 4.69) is 4.98 Å². The van der Waals surface area contributed by atoms with E-state index in [1.807, 2.05) is 0 Å². The van der Waals surface area contributed by atoms with Crippen LogP contribution in [0.15, 0.2) is 23.1 Å². The molecule has 2 aromatic heterocycles. The van der Waals surface area contributed by atoms with Gasteiger partial charge in [0.15, 0.2) is 17.4 Å². The fourth-order valence-electron chi connectivity index (χ4n) is 3.67. The van der Waals surface area contributed by atoms with Crippen LogP contribution in [0.3, 0.4) is 0 Å². The van der Waals surface area contributed by atoms with Crippen molar-refractivity contribution >= 4 is 16.9 Å². The second-order valence-electron chi connectivity index (χ2n) is 6.94. The second-order valence-corrected chi connectivity index (χ2v) is 6.94. The van der Waals surface area contributed by atoms with Gasteiger partial charge in [0, 0.05) is 17.6 Å². The molecule has 3 heterocycles. The first kappa shape index (κ1) is 18.1. The molecule has 4 rings (SSSR count). The van der Waals surface area contributed by atoms with Crippen molar-refractivity contribution in [3.8, 4) is 16.9 Å². The number of hydrogen-bond acceptors (Lipinski definition) is 4. The standard InChI is InChI=1S/C20H16F2N2O4/c1-8-4-11(5-9(2)23-8)13-15(21)16(22)14-17-19(13)28-7-10(3)24(17)6-12(18(14)25)20(26)27/h4-6,10H,7H2,1-3H3,(H,26,27)/t10-/m0/s1. The zero-order chi connectivity index (χ0) is 20.3. The molecule has 0 spiro atoms. The molecule has 1 aliphatic heterocycles. The molecule has 3 aromatic rings. The quantitative estimate of drug-likeness (QED) is 0.728. The number of halogens is 2. The lowest BCUT2D eigenvalue weighted by Gasteiger charge is -2.29. The van der Waals surface area contributed by atoms with Crippen molar-refractivity contribution < 1.29 is 23.4 Å². The molecule has 28 heavy (non-hydrogen) atoms. The maximum atomic E-state index is 15.1. The summed E-state index contributed by atoms with van der Waals surface area (Å²) in [4.78, 5) is 28.3. The van der Waals surface area contributed by atoms with Crippen LogP contribution in [0.1, 0.15) is 34.7 Å². The fourth-order valence-corrected chi connectivity index (χ4v) is 3.67. The predicted octanol–water partition coefficient (Wildman–Crippen LogP) is 3.61. The lowest BCUT2D eigenvalue weighted by molar-refractivity contribution is 0.0694. The highest BCUT2D eigenvalue weighted by Crippen LogP contribution is 2.43. The zero-order valence-corrected chi connectivity index (χ0v) is 15.3. The van der Waals surface area contributed by atoms with E-state index in [9.17, 15) is 14.7 Å². The molecule has 1 atom stereocenters. The van der Waals surface area contributed by atoms with Crippen LogP contribution in [0, 0.1) is 25.5 Å². The normalized spacial score (nSPS) is 15.5. The van der Waals surface area contributed by atoms with Gasteiger partial charge in [-0.3, -0.25) is 9.78 Å². The minimum absolute atomic E-state index is 0.0195. The van der Waals surface area contributed by atoms with Gasteiger partial charge >= 0.3 is 5.97 Å². The minimum atomic E-state index is -1.50. The Bertz CT molecular complexity index is 1210. The Morgan fingerprint density at radius 3 is 2.50 bits per heavy atom. The minimum Gasteiger partial charge on any atom is -0.488 e. The molecule has 1 aliphatic rings. The molecule has 0 saturated heterocycles. The summed E-state index contributed by atoms with van der Waals surface area (Å²) in [6.07, 6.45) is 1.16. The number of aryl methyl sites for hydroxylation is 2. The number of ether oxygens (including phenoxy) is 1. The third-order valence-corrected chi connectivity index (χ3v) is 4.85. The molecule has 0 fully saturated rings. The van der Waals surface area contributed by atoms with Crippen LogP contribution >= 0.6 is 0 Å². The maximum Gasteiger partial charge on any atom is 0.341 e. The summed E-state index contributed by atoms with van der Waals surface area (Å²) >= 11 is 0. The SMILES string of the molecule is Cc1cc(-c2c(F)c(F)c3c(=O)c(C(=O)O)cn4c3c2OC[C@@H]4C)cc(C)n1. The molecule has 1 N–H and O–H groups in total. The number of aromatic carboxylic acids is 1. The summed E-state index contributed by atoms with van der Waals surface area (Å²) in [5.74, 6) is -4.13. The van der Waals surface area contributed by atoms with E-state index in [1.54, 1.807) is 32.9 Å². The van der Waals surface area contributed by atoms with Crippen molar-refractivity contribution in [2.24, 2.45) is 0 Å². The van der Waals surface area contributed by atoms with E-state index in [4.69, 9.17) is 4.74 Å². The Morgan fingerprint density at radius 2 is 1.89 bits per heavy atom. The van der Waals surface area contributed by atoms with E-state index in [0.717, 1.165) is 6.20 Å². The van der Waals surface area contributed by atoms with E-state index >= 15 is 8.78 Å². The molecular formula is C20H16F2N2O4. The number of carboxylic acid groups (broad SMARTS) is 1.